The van der Waals surface area contributed by atoms with Crippen LogP contribution in [0.4, 0.5) is 26.3 Å². The summed E-state index contributed by atoms with van der Waals surface area (Å²) in [4.78, 5) is 0. The van der Waals surface area contributed by atoms with E-state index in [0.717, 1.165) is 60.1 Å². The average Bonchev–Trinajstić information content (AvgIpc) is 3.12. The Hall–Kier alpha value is -0.390. The molecule has 0 fully saturated rings. The normalized spacial score (nSPS) is 11.9. The van der Waals surface area contributed by atoms with E-state index in [4.69, 9.17) is 0 Å². The summed E-state index contributed by atoms with van der Waals surface area (Å²) in [7, 11) is 0. The maximum absolute atomic E-state index is 12.8. The van der Waals surface area contributed by atoms with Crippen molar-refractivity contribution in [1.29, 1.82) is 0 Å². The topological polar surface area (TPSA) is 18.5 Å². The molecule has 0 N–H and O–H groups in total. The van der Waals surface area contributed by atoms with Gasteiger partial charge in [-0.3, -0.25) is 0 Å². The van der Waals surface area contributed by atoms with E-state index in [9.17, 15) is 26.3 Å². The van der Waals surface area contributed by atoms with Crippen molar-refractivity contribution in [1.82, 2.24) is 0 Å². The van der Waals surface area contributed by atoms with E-state index in [1.165, 1.54) is 30.4 Å². The molecule has 284 valence electrons. The summed E-state index contributed by atoms with van der Waals surface area (Å²) in [6.45, 7) is 2.12. The standard InChI is InChI=1S/C40H21F6I7O2/c1-19-26(20-2-4-22(5-3-20)28-14-16-30(37(52)35(28)50)54-39(41,42)43)12-10-24(32(19)47)18-25-11-13-27(34(49)33(25)48)21-6-8-23(9-7-21)29-15-17-31(38(53)36(29)51)55-40(44,45)46/h2-17H,18H2,1H3. The number of benzene rings is 6. The highest BCUT2D eigenvalue weighted by molar-refractivity contribution is 14.1. The largest absolute Gasteiger partial charge is 0.573 e. The summed E-state index contributed by atoms with van der Waals surface area (Å²) in [6.07, 6.45) is -8.75. The van der Waals surface area contributed by atoms with Crippen molar-refractivity contribution < 1.29 is 35.8 Å². The van der Waals surface area contributed by atoms with Gasteiger partial charge in [0.1, 0.15) is 11.5 Å². The zero-order valence-electron chi connectivity index (χ0n) is 27.7. The lowest BCUT2D eigenvalue weighted by molar-refractivity contribution is -0.276. The molecule has 0 aromatic heterocycles. The molecule has 0 saturated carbocycles. The molecule has 0 spiro atoms. The minimum Gasteiger partial charge on any atom is -0.405 e. The second-order valence-corrected chi connectivity index (χ2v) is 19.6. The summed E-state index contributed by atoms with van der Waals surface area (Å²) < 4.78 is 91.1. The van der Waals surface area contributed by atoms with Crippen molar-refractivity contribution in [3.8, 4) is 56.0 Å². The zero-order valence-corrected chi connectivity index (χ0v) is 42.8. The third kappa shape index (κ3) is 10.3. The Morgan fingerprint density at radius 1 is 0.382 bits per heavy atom. The van der Waals surface area contributed by atoms with Crippen molar-refractivity contribution in [3.63, 3.8) is 0 Å². The van der Waals surface area contributed by atoms with E-state index in [1.54, 1.807) is 12.1 Å². The molecule has 0 radical (unpaired) electrons. The van der Waals surface area contributed by atoms with Crippen molar-refractivity contribution in [2.24, 2.45) is 0 Å². The van der Waals surface area contributed by atoms with E-state index in [1.807, 2.05) is 93.7 Å². The molecule has 0 amide bonds. The van der Waals surface area contributed by atoms with Gasteiger partial charge in [-0.05, 0) is 257 Å². The van der Waals surface area contributed by atoms with Crippen LogP contribution in [0.1, 0.15) is 16.7 Å². The number of hydrogen-bond acceptors (Lipinski definition) is 2. The Morgan fingerprint density at radius 2 is 0.691 bits per heavy atom. The van der Waals surface area contributed by atoms with E-state index in [2.05, 4.69) is 154 Å². The number of alkyl halides is 6. The Kier molecular flexibility index (Phi) is 14.5. The third-order valence-electron chi connectivity index (χ3n) is 8.57. The summed E-state index contributed by atoms with van der Waals surface area (Å²) >= 11 is 15.1. The zero-order chi connectivity index (χ0) is 40.0. The molecule has 6 rings (SSSR count). The van der Waals surface area contributed by atoms with Crippen LogP contribution in [0.3, 0.4) is 0 Å². The molecule has 6 aromatic rings. The summed E-state index contributed by atoms with van der Waals surface area (Å²) in [5.74, 6) is -0.428. The summed E-state index contributed by atoms with van der Waals surface area (Å²) in [5.41, 5.74) is 11.3. The van der Waals surface area contributed by atoms with Crippen LogP contribution in [0.2, 0.25) is 0 Å². The quantitative estimate of drug-likeness (QED) is 0.112. The van der Waals surface area contributed by atoms with Gasteiger partial charge in [-0.2, -0.15) is 0 Å². The molecule has 0 unspecified atom stereocenters. The van der Waals surface area contributed by atoms with Crippen LogP contribution >= 0.6 is 158 Å². The predicted molar refractivity (Wildman–Crippen MR) is 265 cm³/mol. The van der Waals surface area contributed by atoms with Gasteiger partial charge >= 0.3 is 12.7 Å². The highest BCUT2D eigenvalue weighted by atomic mass is 127. The van der Waals surface area contributed by atoms with Crippen molar-refractivity contribution >= 4 is 158 Å². The maximum atomic E-state index is 12.8. The molecule has 0 bridgehead atoms. The molecule has 0 aliphatic carbocycles. The fourth-order valence-corrected chi connectivity index (χ4v) is 10.8. The average molecular weight is 1540 g/mol. The molecule has 55 heavy (non-hydrogen) atoms. The first-order valence-electron chi connectivity index (χ1n) is 15.8. The maximum Gasteiger partial charge on any atom is 0.573 e. The fraction of sp³-hybridized carbons (Fsp3) is 0.100. The second kappa shape index (κ2) is 18.1. The number of hydrogen-bond donors (Lipinski definition) is 0. The van der Waals surface area contributed by atoms with Gasteiger partial charge in [0.15, 0.2) is 0 Å². The van der Waals surface area contributed by atoms with Gasteiger partial charge in [0.2, 0.25) is 0 Å². The van der Waals surface area contributed by atoms with Gasteiger partial charge in [0.25, 0.3) is 0 Å². The summed E-state index contributed by atoms with van der Waals surface area (Å²) in [5, 5.41) is 0. The minimum absolute atomic E-state index is 0.214. The van der Waals surface area contributed by atoms with Crippen molar-refractivity contribution in [2.75, 3.05) is 0 Å². The highest BCUT2D eigenvalue weighted by Gasteiger charge is 2.33. The lowest BCUT2D eigenvalue weighted by atomic mass is 9.94. The molecule has 0 saturated heterocycles. The number of ether oxygens (including phenoxy) is 2. The van der Waals surface area contributed by atoms with Crippen LogP contribution in [0.5, 0.6) is 11.5 Å². The van der Waals surface area contributed by atoms with E-state index >= 15 is 0 Å². The SMILES string of the molecule is Cc1c(-c2ccc(-c3ccc(OC(F)(F)F)c(I)c3I)cc2)ccc(Cc2ccc(-c3ccc(-c4ccc(OC(F)(F)F)c(I)c4I)cc3)c(I)c2I)c1I. The van der Waals surface area contributed by atoms with Crippen molar-refractivity contribution in [2.45, 2.75) is 26.1 Å². The third-order valence-corrected chi connectivity index (χ3v) is 19.9. The predicted octanol–water partition coefficient (Wildman–Crippen LogP) is 16.3. The lowest BCUT2D eigenvalue weighted by Gasteiger charge is -2.16. The monoisotopic (exact) mass is 1540 g/mol. The lowest BCUT2D eigenvalue weighted by Crippen LogP contribution is -2.18. The van der Waals surface area contributed by atoms with Gasteiger partial charge in [0, 0.05) is 17.9 Å². The van der Waals surface area contributed by atoms with E-state index in [-0.39, 0.29) is 11.5 Å². The van der Waals surface area contributed by atoms with Crippen LogP contribution in [0, 0.1) is 31.9 Å². The van der Waals surface area contributed by atoms with Crippen LogP contribution in [0.15, 0.2) is 97.1 Å². The first kappa shape index (κ1) is 44.2. The molecule has 0 atom stereocenters. The van der Waals surface area contributed by atoms with Gasteiger partial charge in [-0.15, -0.1) is 26.3 Å². The van der Waals surface area contributed by atoms with Crippen LogP contribution in [-0.4, -0.2) is 12.7 Å². The van der Waals surface area contributed by atoms with Gasteiger partial charge in [0.05, 0.1) is 7.14 Å². The first-order valence-corrected chi connectivity index (χ1v) is 23.3. The Morgan fingerprint density at radius 3 is 1.07 bits per heavy atom. The fourth-order valence-electron chi connectivity index (χ4n) is 5.92. The molecule has 2 nitrogen and oxygen atoms in total. The van der Waals surface area contributed by atoms with E-state index in [0.29, 0.717) is 14.3 Å². The highest BCUT2D eigenvalue weighted by Crippen LogP contribution is 2.40. The van der Waals surface area contributed by atoms with E-state index < -0.39 is 12.7 Å². The molecular weight excluding hydrogens is 1510 g/mol. The van der Waals surface area contributed by atoms with Crippen LogP contribution in [0.25, 0.3) is 44.5 Å². The minimum atomic E-state index is -4.75. The number of halogens is 13. The first-order chi connectivity index (χ1) is 25.8. The Balaban J connectivity index is 1.19. The molecule has 0 heterocycles. The van der Waals surface area contributed by atoms with Gasteiger partial charge in [-0.1, -0.05) is 72.8 Å². The number of rotatable bonds is 8. The smallest absolute Gasteiger partial charge is 0.405 e. The van der Waals surface area contributed by atoms with Gasteiger partial charge in [-0.25, -0.2) is 0 Å². The molecule has 6 aromatic carbocycles. The van der Waals surface area contributed by atoms with Gasteiger partial charge < -0.3 is 9.47 Å². The van der Waals surface area contributed by atoms with Crippen LogP contribution in [-0.2, 0) is 6.42 Å². The Bertz CT molecular complexity index is 2250. The summed E-state index contributed by atoms with van der Waals surface area (Å²) in [6, 6.07) is 30.7. The molecular formula is C40H21F6I7O2. The van der Waals surface area contributed by atoms with Crippen LogP contribution < -0.4 is 9.47 Å². The van der Waals surface area contributed by atoms with Crippen molar-refractivity contribution in [3.05, 3.63) is 139 Å². The Labute approximate surface area is 408 Å². The molecule has 15 heteroatoms. The molecule has 0 aliphatic rings. The molecule has 0 aliphatic heterocycles. The second-order valence-electron chi connectivity index (χ2n) is 12.0.